The molecule has 0 fully saturated rings. The van der Waals surface area contributed by atoms with Gasteiger partial charge in [-0.05, 0) is 46.5 Å². The lowest BCUT2D eigenvalue weighted by Gasteiger charge is -2.31. The molecule has 100 valence electrons. The number of hydrogen-bond acceptors (Lipinski definition) is 2. The van der Waals surface area contributed by atoms with Gasteiger partial charge in [0.2, 0.25) is 0 Å². The molecule has 2 heterocycles. The zero-order valence-electron chi connectivity index (χ0n) is 11.5. The Hall–Kier alpha value is -1.64. The van der Waals surface area contributed by atoms with Gasteiger partial charge in [0, 0.05) is 23.2 Å². The van der Waals surface area contributed by atoms with Crippen LogP contribution in [0.5, 0.6) is 0 Å². The van der Waals surface area contributed by atoms with Crippen molar-refractivity contribution in [3.05, 3.63) is 70.6 Å². The van der Waals surface area contributed by atoms with Gasteiger partial charge in [0.1, 0.15) is 0 Å². The fourth-order valence-corrected chi connectivity index (χ4v) is 4.06. The lowest BCUT2D eigenvalue weighted by molar-refractivity contribution is 0.508. The van der Waals surface area contributed by atoms with Crippen molar-refractivity contribution in [1.29, 1.82) is 0 Å². The second-order valence-electron chi connectivity index (χ2n) is 5.53. The predicted octanol–water partition coefficient (Wildman–Crippen LogP) is 4.70. The lowest BCUT2D eigenvalue weighted by atomic mass is 9.83. The van der Waals surface area contributed by atoms with Gasteiger partial charge in [0.25, 0.3) is 0 Å². The van der Waals surface area contributed by atoms with Crippen LogP contribution in [-0.4, -0.2) is 6.54 Å². The molecule has 1 N–H and O–H groups in total. The fraction of sp³-hybridized carbons (Fsp3) is 0.222. The Morgan fingerprint density at radius 2 is 1.90 bits per heavy atom. The summed E-state index contributed by atoms with van der Waals surface area (Å²) in [5.41, 5.74) is 4.34. The second-order valence-corrected chi connectivity index (χ2v) is 6.48. The number of benzene rings is 2. The van der Waals surface area contributed by atoms with Crippen LogP contribution < -0.4 is 5.32 Å². The summed E-state index contributed by atoms with van der Waals surface area (Å²) in [6.45, 7) is 3.27. The third-order valence-corrected chi connectivity index (χ3v) is 5.23. The van der Waals surface area contributed by atoms with Gasteiger partial charge in [-0.3, -0.25) is 0 Å². The molecule has 2 aromatic carbocycles. The van der Waals surface area contributed by atoms with E-state index in [1.165, 1.54) is 26.8 Å². The third kappa shape index (κ3) is 1.88. The number of rotatable bonds is 1. The van der Waals surface area contributed by atoms with E-state index >= 15 is 0 Å². The molecule has 2 atom stereocenters. The average molecular weight is 279 g/mol. The van der Waals surface area contributed by atoms with Crippen LogP contribution >= 0.6 is 11.3 Å². The molecular weight excluding hydrogens is 262 g/mol. The summed E-state index contributed by atoms with van der Waals surface area (Å²) in [4.78, 5) is 0. The number of fused-ring (bicyclic) bond motifs is 2. The van der Waals surface area contributed by atoms with E-state index < -0.39 is 0 Å². The minimum absolute atomic E-state index is 0.452. The third-order valence-electron chi connectivity index (χ3n) is 4.35. The molecule has 4 rings (SSSR count). The molecule has 2 heteroatoms. The Kier molecular flexibility index (Phi) is 2.86. The zero-order valence-corrected chi connectivity index (χ0v) is 12.3. The van der Waals surface area contributed by atoms with Gasteiger partial charge >= 0.3 is 0 Å². The van der Waals surface area contributed by atoms with Gasteiger partial charge in [0.15, 0.2) is 0 Å². The molecule has 1 aromatic heterocycles. The van der Waals surface area contributed by atoms with Crippen molar-refractivity contribution < 1.29 is 0 Å². The lowest BCUT2D eigenvalue weighted by Crippen LogP contribution is -2.31. The molecule has 1 nitrogen and oxygen atoms in total. The molecule has 3 aromatic rings. The van der Waals surface area contributed by atoms with E-state index in [9.17, 15) is 0 Å². The minimum Gasteiger partial charge on any atom is -0.309 e. The quantitative estimate of drug-likeness (QED) is 0.681. The maximum Gasteiger partial charge on any atom is 0.0345 e. The summed E-state index contributed by atoms with van der Waals surface area (Å²) >= 11 is 1.83. The molecule has 0 saturated carbocycles. The molecule has 0 saturated heterocycles. The van der Waals surface area contributed by atoms with Crippen LogP contribution in [0.1, 0.15) is 35.6 Å². The summed E-state index contributed by atoms with van der Waals surface area (Å²) in [6.07, 6.45) is 0. The van der Waals surface area contributed by atoms with E-state index in [-0.39, 0.29) is 0 Å². The van der Waals surface area contributed by atoms with E-state index in [0.29, 0.717) is 12.0 Å². The molecule has 1 aliphatic heterocycles. The van der Waals surface area contributed by atoms with Crippen LogP contribution in [0.25, 0.3) is 10.1 Å². The smallest absolute Gasteiger partial charge is 0.0345 e. The Labute approximate surface area is 123 Å². The zero-order chi connectivity index (χ0) is 13.5. The maximum absolute atomic E-state index is 3.63. The van der Waals surface area contributed by atoms with Gasteiger partial charge in [-0.1, -0.05) is 36.4 Å². The summed E-state index contributed by atoms with van der Waals surface area (Å²) in [5, 5.41) is 7.15. The van der Waals surface area contributed by atoms with Gasteiger partial charge in [-0.25, -0.2) is 0 Å². The summed E-state index contributed by atoms with van der Waals surface area (Å²) in [5.74, 6) is 0.467. The van der Waals surface area contributed by atoms with Gasteiger partial charge in [0.05, 0.1) is 0 Å². The highest BCUT2D eigenvalue weighted by atomic mass is 32.1. The Balaban J connectivity index is 1.84. The normalized spacial score (nSPS) is 21.9. The molecule has 0 spiro atoms. The summed E-state index contributed by atoms with van der Waals surface area (Å²) in [6, 6.07) is 18.4. The van der Waals surface area contributed by atoms with Crippen LogP contribution in [0.4, 0.5) is 0 Å². The number of nitrogens with one attached hydrogen (secondary N) is 1. The number of thiophene rings is 1. The monoisotopic (exact) mass is 279 g/mol. The Morgan fingerprint density at radius 3 is 2.80 bits per heavy atom. The Morgan fingerprint density at radius 1 is 1.05 bits per heavy atom. The predicted molar refractivity (Wildman–Crippen MR) is 86.5 cm³/mol. The first-order valence-corrected chi connectivity index (χ1v) is 8.00. The Bertz CT molecular complexity index is 759. The van der Waals surface area contributed by atoms with E-state index in [2.05, 4.69) is 66.2 Å². The van der Waals surface area contributed by atoms with Crippen molar-refractivity contribution in [2.24, 2.45) is 0 Å². The SMILES string of the molecule is C[C@H]1NC[C@@H](c2ccc3ccsc3c2)c2ccccc21. The molecule has 1 aliphatic rings. The van der Waals surface area contributed by atoms with E-state index in [1.807, 2.05) is 11.3 Å². The van der Waals surface area contributed by atoms with E-state index in [1.54, 1.807) is 0 Å². The first-order chi connectivity index (χ1) is 9.83. The average Bonchev–Trinajstić information content (AvgIpc) is 2.95. The van der Waals surface area contributed by atoms with Crippen molar-refractivity contribution >= 4 is 21.4 Å². The highest BCUT2D eigenvalue weighted by Gasteiger charge is 2.25. The molecular formula is C18H17NS. The first-order valence-electron chi connectivity index (χ1n) is 7.12. The molecule has 0 amide bonds. The molecule has 0 aliphatic carbocycles. The minimum atomic E-state index is 0.452. The first kappa shape index (κ1) is 12.1. The molecule has 0 radical (unpaired) electrons. The maximum atomic E-state index is 3.63. The highest BCUT2D eigenvalue weighted by molar-refractivity contribution is 7.17. The topological polar surface area (TPSA) is 12.0 Å². The van der Waals surface area contributed by atoms with E-state index in [0.717, 1.165) is 6.54 Å². The second kappa shape index (κ2) is 4.72. The van der Waals surface area contributed by atoms with Gasteiger partial charge < -0.3 is 5.32 Å². The van der Waals surface area contributed by atoms with E-state index in [4.69, 9.17) is 0 Å². The van der Waals surface area contributed by atoms with Crippen LogP contribution in [0.3, 0.4) is 0 Å². The number of hydrogen-bond donors (Lipinski definition) is 1. The molecule has 20 heavy (non-hydrogen) atoms. The van der Waals surface area contributed by atoms with Crippen molar-refractivity contribution in [1.82, 2.24) is 5.32 Å². The molecule has 0 unspecified atom stereocenters. The summed E-state index contributed by atoms with van der Waals surface area (Å²) in [7, 11) is 0. The van der Waals surface area contributed by atoms with Crippen LogP contribution in [-0.2, 0) is 0 Å². The van der Waals surface area contributed by atoms with Crippen LogP contribution in [0.2, 0.25) is 0 Å². The van der Waals surface area contributed by atoms with Gasteiger partial charge in [-0.2, -0.15) is 0 Å². The standard InChI is InChI=1S/C18H17NS/c1-12-15-4-2-3-5-16(15)17(11-19-12)14-7-6-13-8-9-20-18(13)10-14/h2-10,12,17,19H,11H2,1H3/t12-,17+/m1/s1. The molecule has 0 bridgehead atoms. The fourth-order valence-electron chi connectivity index (χ4n) is 3.22. The summed E-state index contributed by atoms with van der Waals surface area (Å²) < 4.78 is 1.39. The van der Waals surface area contributed by atoms with Gasteiger partial charge in [-0.15, -0.1) is 11.3 Å². The highest BCUT2D eigenvalue weighted by Crippen LogP contribution is 2.35. The van der Waals surface area contributed by atoms with Crippen molar-refractivity contribution in [3.63, 3.8) is 0 Å². The van der Waals surface area contributed by atoms with Crippen LogP contribution in [0.15, 0.2) is 53.9 Å². The largest absolute Gasteiger partial charge is 0.309 e. The van der Waals surface area contributed by atoms with Crippen molar-refractivity contribution in [2.75, 3.05) is 6.54 Å². The van der Waals surface area contributed by atoms with Crippen LogP contribution in [0, 0.1) is 0 Å². The van der Waals surface area contributed by atoms with Crippen molar-refractivity contribution in [3.8, 4) is 0 Å². The van der Waals surface area contributed by atoms with Crippen molar-refractivity contribution in [2.45, 2.75) is 18.9 Å².